The summed E-state index contributed by atoms with van der Waals surface area (Å²) in [5.74, 6) is -0.639. The number of benzene rings is 2. The Morgan fingerprint density at radius 2 is 1.57 bits per heavy atom. The van der Waals surface area contributed by atoms with Crippen LogP contribution in [-0.2, 0) is 20.9 Å². The van der Waals surface area contributed by atoms with Crippen LogP contribution < -0.4 is 11.1 Å². The van der Waals surface area contributed by atoms with E-state index in [1.165, 1.54) is 4.90 Å². The number of nitrogens with zero attached hydrogens (tertiary/aromatic N) is 1. The number of nitrogens with one attached hydrogen (secondary N) is 1. The predicted octanol–water partition coefficient (Wildman–Crippen LogP) is 4.97. The lowest BCUT2D eigenvalue weighted by Gasteiger charge is -2.36. The minimum absolute atomic E-state index is 0. The van der Waals surface area contributed by atoms with Crippen molar-refractivity contribution in [1.82, 2.24) is 10.2 Å². The lowest BCUT2D eigenvalue weighted by Crippen LogP contribution is -2.50. The SMILES string of the molecule is C[C@H](c1ccccc1)N(C(=O)OC(C)(C)C)[C@H](CCCNC(=O)OCc1ccccc1)C(N)=O.Cl. The van der Waals surface area contributed by atoms with Crippen molar-refractivity contribution in [3.8, 4) is 0 Å². The number of hydrogen-bond donors (Lipinski definition) is 2. The predicted molar refractivity (Wildman–Crippen MR) is 137 cm³/mol. The summed E-state index contributed by atoms with van der Waals surface area (Å²) in [6, 6.07) is 17.4. The van der Waals surface area contributed by atoms with E-state index in [0.717, 1.165) is 11.1 Å². The highest BCUT2D eigenvalue weighted by Crippen LogP contribution is 2.27. The van der Waals surface area contributed by atoms with Crippen LogP contribution in [0.25, 0.3) is 0 Å². The fraction of sp³-hybridized carbons (Fsp3) is 0.423. The number of carbonyl (C=O) groups excluding carboxylic acids is 3. The molecule has 8 nitrogen and oxygen atoms in total. The van der Waals surface area contributed by atoms with Gasteiger partial charge in [0.2, 0.25) is 5.91 Å². The number of rotatable bonds is 10. The Morgan fingerprint density at radius 3 is 2.11 bits per heavy atom. The van der Waals surface area contributed by atoms with Crippen LogP contribution in [-0.4, -0.2) is 41.2 Å². The molecule has 2 atom stereocenters. The molecule has 2 aromatic rings. The first-order valence-electron chi connectivity index (χ1n) is 11.4. The second kappa shape index (κ2) is 14.2. The second-order valence-corrected chi connectivity index (χ2v) is 9.02. The molecule has 9 heteroatoms. The molecule has 0 aliphatic carbocycles. The average Bonchev–Trinajstić information content (AvgIpc) is 2.79. The first kappa shape index (κ1) is 29.8. The van der Waals surface area contributed by atoms with Crippen LogP contribution in [0.5, 0.6) is 0 Å². The molecule has 0 saturated heterocycles. The highest BCUT2D eigenvalue weighted by molar-refractivity contribution is 5.85. The van der Waals surface area contributed by atoms with E-state index in [9.17, 15) is 14.4 Å². The molecular weight excluding hydrogens is 470 g/mol. The van der Waals surface area contributed by atoms with Gasteiger partial charge in [0.05, 0.1) is 6.04 Å². The van der Waals surface area contributed by atoms with Gasteiger partial charge in [-0.3, -0.25) is 9.69 Å². The maximum absolute atomic E-state index is 13.1. The van der Waals surface area contributed by atoms with Gasteiger partial charge >= 0.3 is 12.2 Å². The van der Waals surface area contributed by atoms with E-state index in [2.05, 4.69) is 5.32 Å². The number of carbonyl (C=O) groups is 3. The van der Waals surface area contributed by atoms with Crippen LogP contribution in [0.3, 0.4) is 0 Å². The van der Waals surface area contributed by atoms with E-state index < -0.39 is 35.8 Å². The number of ether oxygens (including phenoxy) is 2. The summed E-state index contributed by atoms with van der Waals surface area (Å²) in [5, 5.41) is 2.67. The molecule has 0 radical (unpaired) electrons. The second-order valence-electron chi connectivity index (χ2n) is 9.02. The molecule has 0 saturated carbocycles. The first-order valence-corrected chi connectivity index (χ1v) is 11.4. The highest BCUT2D eigenvalue weighted by Gasteiger charge is 2.35. The van der Waals surface area contributed by atoms with Crippen LogP contribution in [0.2, 0.25) is 0 Å². The van der Waals surface area contributed by atoms with Crippen molar-refractivity contribution in [3.05, 3.63) is 71.8 Å². The van der Waals surface area contributed by atoms with E-state index in [0.29, 0.717) is 6.42 Å². The molecular formula is C26H36ClN3O5. The van der Waals surface area contributed by atoms with Crippen LogP contribution >= 0.6 is 12.4 Å². The van der Waals surface area contributed by atoms with Crippen LogP contribution in [0, 0.1) is 0 Å². The third-order valence-corrected chi connectivity index (χ3v) is 5.10. The summed E-state index contributed by atoms with van der Waals surface area (Å²) in [6.07, 6.45) is -0.511. The molecule has 0 fully saturated rings. The van der Waals surface area contributed by atoms with Crippen LogP contribution in [0.15, 0.2) is 60.7 Å². The molecule has 2 rings (SSSR count). The molecule has 0 aromatic heterocycles. The fourth-order valence-corrected chi connectivity index (χ4v) is 3.44. The van der Waals surface area contributed by atoms with Gasteiger partial charge in [0.1, 0.15) is 18.2 Å². The van der Waals surface area contributed by atoms with Gasteiger partial charge in [0.25, 0.3) is 0 Å². The molecule has 0 spiro atoms. The summed E-state index contributed by atoms with van der Waals surface area (Å²) < 4.78 is 10.8. The van der Waals surface area contributed by atoms with Gasteiger partial charge in [0, 0.05) is 6.54 Å². The Morgan fingerprint density at radius 1 is 1.00 bits per heavy atom. The molecule has 0 aliphatic rings. The van der Waals surface area contributed by atoms with E-state index in [-0.39, 0.29) is 32.0 Å². The quantitative estimate of drug-likeness (QED) is 0.443. The van der Waals surface area contributed by atoms with Crippen molar-refractivity contribution in [1.29, 1.82) is 0 Å². The molecule has 0 bridgehead atoms. The monoisotopic (exact) mass is 505 g/mol. The van der Waals surface area contributed by atoms with Gasteiger partial charge in [-0.1, -0.05) is 60.7 Å². The smallest absolute Gasteiger partial charge is 0.411 e. The zero-order valence-corrected chi connectivity index (χ0v) is 21.5. The molecule has 0 heterocycles. The summed E-state index contributed by atoms with van der Waals surface area (Å²) in [6.45, 7) is 7.55. The zero-order valence-electron chi connectivity index (χ0n) is 20.7. The summed E-state index contributed by atoms with van der Waals surface area (Å²) in [7, 11) is 0. The molecule has 2 aromatic carbocycles. The average molecular weight is 506 g/mol. The van der Waals surface area contributed by atoms with Crippen LogP contribution in [0.1, 0.15) is 57.7 Å². The van der Waals surface area contributed by atoms with Crippen molar-refractivity contribution in [2.45, 2.75) is 64.8 Å². The Kier molecular flexibility index (Phi) is 12.1. The number of halogens is 1. The standard InChI is InChI=1S/C26H35N3O5.ClH/c1-19(21-14-9-6-10-15-21)29(25(32)34-26(2,3)4)22(23(27)30)16-11-17-28-24(31)33-18-20-12-7-5-8-13-20;/h5-10,12-15,19,22H,11,16-18H2,1-4H3,(H2,27,30)(H,28,31);1H/t19-,22-;/m1./s1. The largest absolute Gasteiger partial charge is 0.445 e. The molecule has 35 heavy (non-hydrogen) atoms. The van der Waals surface area contributed by atoms with Crippen molar-refractivity contribution in [2.75, 3.05) is 6.54 Å². The molecule has 0 unspecified atom stereocenters. The minimum Gasteiger partial charge on any atom is -0.445 e. The maximum Gasteiger partial charge on any atom is 0.411 e. The number of alkyl carbamates (subject to hydrolysis) is 1. The first-order chi connectivity index (χ1) is 16.1. The van der Waals surface area contributed by atoms with Crippen LogP contribution in [0.4, 0.5) is 9.59 Å². The third kappa shape index (κ3) is 10.3. The summed E-state index contributed by atoms with van der Waals surface area (Å²) >= 11 is 0. The normalized spacial score (nSPS) is 12.5. The Balaban J connectivity index is 0.00000612. The van der Waals surface area contributed by atoms with Gasteiger partial charge in [-0.25, -0.2) is 9.59 Å². The van der Waals surface area contributed by atoms with Crippen molar-refractivity contribution >= 4 is 30.5 Å². The lowest BCUT2D eigenvalue weighted by atomic mass is 10.0. The van der Waals surface area contributed by atoms with Gasteiger partial charge < -0.3 is 20.5 Å². The number of nitrogens with two attached hydrogens (primary N) is 1. The molecule has 192 valence electrons. The van der Waals surface area contributed by atoms with Gasteiger partial charge in [0.15, 0.2) is 0 Å². The summed E-state index contributed by atoms with van der Waals surface area (Å²) in [4.78, 5) is 38.8. The van der Waals surface area contributed by atoms with E-state index in [1.807, 2.05) is 67.6 Å². The van der Waals surface area contributed by atoms with Gasteiger partial charge in [-0.2, -0.15) is 0 Å². The van der Waals surface area contributed by atoms with E-state index in [4.69, 9.17) is 15.2 Å². The van der Waals surface area contributed by atoms with Crippen molar-refractivity contribution in [2.24, 2.45) is 5.73 Å². The minimum atomic E-state index is -0.910. The third-order valence-electron chi connectivity index (χ3n) is 5.10. The number of amides is 3. The number of primary amides is 1. The lowest BCUT2D eigenvalue weighted by molar-refractivity contribution is -0.124. The molecule has 3 amide bonds. The van der Waals surface area contributed by atoms with Crippen molar-refractivity contribution in [3.63, 3.8) is 0 Å². The van der Waals surface area contributed by atoms with E-state index >= 15 is 0 Å². The Labute approximate surface area is 213 Å². The fourth-order valence-electron chi connectivity index (χ4n) is 3.44. The number of hydrogen-bond acceptors (Lipinski definition) is 5. The van der Waals surface area contributed by atoms with E-state index in [1.54, 1.807) is 20.8 Å². The summed E-state index contributed by atoms with van der Waals surface area (Å²) in [5.41, 5.74) is 6.70. The molecule has 0 aliphatic heterocycles. The Hall–Kier alpha value is -3.26. The maximum atomic E-state index is 13.1. The van der Waals surface area contributed by atoms with Gasteiger partial charge in [-0.05, 0) is 51.7 Å². The highest BCUT2D eigenvalue weighted by atomic mass is 35.5. The zero-order chi connectivity index (χ0) is 25.1. The molecule has 3 N–H and O–H groups in total. The topological polar surface area (TPSA) is 111 Å². The van der Waals surface area contributed by atoms with Crippen molar-refractivity contribution < 1.29 is 23.9 Å². The Bertz CT molecular complexity index is 935. The van der Waals surface area contributed by atoms with Gasteiger partial charge in [-0.15, -0.1) is 12.4 Å².